The van der Waals surface area contributed by atoms with E-state index in [1.54, 1.807) is 24.3 Å². The van der Waals surface area contributed by atoms with Gasteiger partial charge in [0.05, 0.1) is 5.75 Å². The molecular formula is C19H29N3O3S. The Morgan fingerprint density at radius 1 is 1.12 bits per heavy atom. The lowest BCUT2D eigenvalue weighted by Crippen LogP contribution is -2.48. The number of piperidine rings is 1. The molecule has 2 N–H and O–H groups in total. The van der Waals surface area contributed by atoms with Crippen LogP contribution in [0.3, 0.4) is 0 Å². The third kappa shape index (κ3) is 5.45. The summed E-state index contributed by atoms with van der Waals surface area (Å²) in [7, 11) is -3.15. The van der Waals surface area contributed by atoms with Crippen molar-refractivity contribution in [1.82, 2.24) is 10.2 Å². The van der Waals surface area contributed by atoms with Gasteiger partial charge in [-0.1, -0.05) is 31.0 Å². The van der Waals surface area contributed by atoms with Crippen LogP contribution in [0.4, 0.5) is 10.5 Å². The number of nitrogens with one attached hydrogen (secondary N) is 2. The number of likely N-dealkylation sites (tertiary alicyclic amines) is 1. The first-order valence-corrected chi connectivity index (χ1v) is 11.5. The maximum atomic E-state index is 12.4. The largest absolute Gasteiger partial charge is 0.335 e. The van der Waals surface area contributed by atoms with Crippen molar-refractivity contribution in [1.29, 1.82) is 0 Å². The molecule has 2 fully saturated rings. The smallest absolute Gasteiger partial charge is 0.319 e. The van der Waals surface area contributed by atoms with Gasteiger partial charge in [0.15, 0.2) is 9.84 Å². The van der Waals surface area contributed by atoms with E-state index in [0.29, 0.717) is 11.3 Å². The molecular weight excluding hydrogens is 350 g/mol. The fraction of sp³-hybridized carbons (Fsp3) is 0.632. The average Bonchev–Trinajstić information content (AvgIpc) is 3.10. The number of rotatable bonds is 5. The van der Waals surface area contributed by atoms with Gasteiger partial charge in [-0.15, -0.1) is 0 Å². The number of nitrogens with zero attached hydrogens (tertiary/aromatic N) is 1. The van der Waals surface area contributed by atoms with Crippen molar-refractivity contribution in [2.45, 2.75) is 56.4 Å². The molecule has 0 aromatic heterocycles. The van der Waals surface area contributed by atoms with Gasteiger partial charge >= 0.3 is 6.03 Å². The minimum Gasteiger partial charge on any atom is -0.335 e. The molecule has 0 radical (unpaired) electrons. The van der Waals surface area contributed by atoms with Crippen molar-refractivity contribution in [3.63, 3.8) is 0 Å². The topological polar surface area (TPSA) is 78.5 Å². The van der Waals surface area contributed by atoms with Crippen LogP contribution in [0.15, 0.2) is 24.3 Å². The number of carbonyl (C=O) groups excluding carboxylic acids is 1. The molecule has 1 saturated carbocycles. The lowest BCUT2D eigenvalue weighted by atomic mass is 10.0. The number of carbonyl (C=O) groups is 1. The number of sulfone groups is 1. The number of hydrogen-bond donors (Lipinski definition) is 2. The number of anilines is 1. The van der Waals surface area contributed by atoms with Crippen molar-refractivity contribution in [2.24, 2.45) is 0 Å². The average molecular weight is 380 g/mol. The van der Waals surface area contributed by atoms with Gasteiger partial charge in [-0.25, -0.2) is 13.2 Å². The summed E-state index contributed by atoms with van der Waals surface area (Å²) >= 11 is 0. The van der Waals surface area contributed by atoms with Crippen LogP contribution in [0.5, 0.6) is 0 Å². The zero-order valence-electron chi connectivity index (χ0n) is 15.4. The van der Waals surface area contributed by atoms with E-state index in [0.717, 1.165) is 32.0 Å². The number of amides is 2. The minimum absolute atomic E-state index is 0.0801. The van der Waals surface area contributed by atoms with Gasteiger partial charge in [0, 0.05) is 37.1 Å². The second-order valence-electron chi connectivity index (χ2n) is 7.57. The number of hydrogen-bond acceptors (Lipinski definition) is 4. The molecule has 144 valence electrons. The van der Waals surface area contributed by atoms with Crippen LogP contribution in [-0.2, 0) is 15.6 Å². The van der Waals surface area contributed by atoms with Crippen LogP contribution in [0.1, 0.15) is 44.1 Å². The van der Waals surface area contributed by atoms with E-state index >= 15 is 0 Å². The molecule has 1 aliphatic heterocycles. The predicted molar refractivity (Wildman–Crippen MR) is 104 cm³/mol. The Kier molecular flexibility index (Phi) is 6.19. The van der Waals surface area contributed by atoms with Gasteiger partial charge in [-0.05, 0) is 37.3 Å². The first kappa shape index (κ1) is 19.2. The maximum Gasteiger partial charge on any atom is 0.319 e. The van der Waals surface area contributed by atoms with Crippen molar-refractivity contribution >= 4 is 21.6 Å². The third-order valence-electron chi connectivity index (χ3n) is 5.39. The highest BCUT2D eigenvalue weighted by Crippen LogP contribution is 2.26. The molecule has 1 heterocycles. The van der Waals surface area contributed by atoms with Gasteiger partial charge in [-0.2, -0.15) is 0 Å². The molecule has 0 atom stereocenters. The summed E-state index contributed by atoms with van der Waals surface area (Å²) in [5, 5.41) is 5.86. The fourth-order valence-corrected chi connectivity index (χ4v) is 4.89. The van der Waals surface area contributed by atoms with E-state index in [1.807, 2.05) is 0 Å². The van der Waals surface area contributed by atoms with E-state index in [4.69, 9.17) is 0 Å². The normalized spacial score (nSPS) is 20.2. The summed E-state index contributed by atoms with van der Waals surface area (Å²) in [4.78, 5) is 14.9. The van der Waals surface area contributed by atoms with E-state index < -0.39 is 9.84 Å². The number of urea groups is 1. The maximum absolute atomic E-state index is 12.4. The molecule has 1 aliphatic carbocycles. The third-order valence-corrected chi connectivity index (χ3v) is 6.22. The molecule has 1 saturated heterocycles. The number of benzene rings is 1. The summed E-state index contributed by atoms with van der Waals surface area (Å²) in [6.45, 7) is 2.08. The van der Waals surface area contributed by atoms with E-state index in [-0.39, 0.29) is 17.8 Å². The Morgan fingerprint density at radius 2 is 1.77 bits per heavy atom. The molecule has 6 nitrogen and oxygen atoms in total. The molecule has 0 spiro atoms. The van der Waals surface area contributed by atoms with Crippen LogP contribution < -0.4 is 10.6 Å². The van der Waals surface area contributed by atoms with Crippen molar-refractivity contribution in [3.8, 4) is 0 Å². The Bertz CT molecular complexity index is 721. The van der Waals surface area contributed by atoms with Crippen LogP contribution in [0.25, 0.3) is 0 Å². The molecule has 7 heteroatoms. The zero-order valence-corrected chi connectivity index (χ0v) is 16.2. The highest BCUT2D eigenvalue weighted by Gasteiger charge is 2.27. The van der Waals surface area contributed by atoms with Crippen LogP contribution in [-0.4, -0.2) is 50.8 Å². The monoisotopic (exact) mass is 379 g/mol. The molecule has 3 rings (SSSR count). The van der Waals surface area contributed by atoms with Crippen molar-refractivity contribution in [2.75, 3.05) is 24.7 Å². The lowest BCUT2D eigenvalue weighted by molar-refractivity contribution is 0.147. The summed E-state index contributed by atoms with van der Waals surface area (Å²) in [6.07, 6.45) is 8.45. The van der Waals surface area contributed by atoms with Crippen LogP contribution >= 0.6 is 0 Å². The number of para-hydroxylation sites is 1. The first-order chi connectivity index (χ1) is 12.4. The molecule has 0 bridgehead atoms. The standard InChI is InChI=1S/C19H29N3O3S/c1-26(24,25)14-15-6-2-5-9-18(15)21-19(23)20-16-10-12-22(13-11-16)17-7-3-4-8-17/h2,5-6,9,16-17H,3-4,7-8,10-14H2,1H3,(H2,20,21,23). The second kappa shape index (κ2) is 8.39. The zero-order chi connectivity index (χ0) is 18.6. The SMILES string of the molecule is CS(=O)(=O)Cc1ccccc1NC(=O)NC1CCN(C2CCCC2)CC1. The van der Waals surface area contributed by atoms with E-state index in [9.17, 15) is 13.2 Å². The first-order valence-electron chi connectivity index (χ1n) is 9.48. The summed E-state index contributed by atoms with van der Waals surface area (Å²) in [5.41, 5.74) is 1.17. The highest BCUT2D eigenvalue weighted by molar-refractivity contribution is 7.89. The second-order valence-corrected chi connectivity index (χ2v) is 9.71. The molecule has 1 aromatic carbocycles. The molecule has 2 aliphatic rings. The van der Waals surface area contributed by atoms with Crippen molar-refractivity contribution in [3.05, 3.63) is 29.8 Å². The van der Waals surface area contributed by atoms with Gasteiger partial charge < -0.3 is 15.5 Å². The molecule has 0 unspecified atom stereocenters. The quantitative estimate of drug-likeness (QED) is 0.825. The van der Waals surface area contributed by atoms with Gasteiger partial charge in [0.1, 0.15) is 0 Å². The minimum atomic E-state index is -3.15. The van der Waals surface area contributed by atoms with Crippen LogP contribution in [0, 0.1) is 0 Å². The summed E-state index contributed by atoms with van der Waals surface area (Å²) in [6, 6.07) is 7.70. The lowest BCUT2D eigenvalue weighted by Gasteiger charge is -2.36. The predicted octanol–water partition coefficient (Wildman–Crippen LogP) is 2.76. The fourth-order valence-electron chi connectivity index (χ4n) is 4.07. The van der Waals surface area contributed by atoms with Gasteiger partial charge in [0.2, 0.25) is 0 Å². The Hall–Kier alpha value is -1.60. The summed E-state index contributed by atoms with van der Waals surface area (Å²) in [5.74, 6) is -0.0801. The Balaban J connectivity index is 1.50. The van der Waals surface area contributed by atoms with Gasteiger partial charge in [0.25, 0.3) is 0 Å². The summed E-state index contributed by atoms with van der Waals surface area (Å²) < 4.78 is 23.1. The van der Waals surface area contributed by atoms with Crippen LogP contribution in [0.2, 0.25) is 0 Å². The van der Waals surface area contributed by atoms with Gasteiger partial charge in [-0.3, -0.25) is 0 Å². The van der Waals surface area contributed by atoms with Crippen molar-refractivity contribution < 1.29 is 13.2 Å². The Morgan fingerprint density at radius 3 is 2.42 bits per heavy atom. The Labute approximate surface area is 156 Å². The molecule has 1 aromatic rings. The molecule has 26 heavy (non-hydrogen) atoms. The van der Waals surface area contributed by atoms with E-state index in [2.05, 4.69) is 15.5 Å². The molecule has 2 amide bonds. The highest BCUT2D eigenvalue weighted by atomic mass is 32.2. The van der Waals surface area contributed by atoms with E-state index in [1.165, 1.54) is 31.9 Å².